The number of hydrogen-bond donors (Lipinski definition) is 2. The third-order valence-corrected chi connectivity index (χ3v) is 4.51. The first-order chi connectivity index (χ1) is 12.0. The zero-order valence-electron chi connectivity index (χ0n) is 13.6. The van der Waals surface area contributed by atoms with Crippen molar-refractivity contribution in [2.45, 2.75) is 19.4 Å². The van der Waals surface area contributed by atoms with Gasteiger partial charge in [0.05, 0.1) is 17.5 Å². The molecule has 0 spiro atoms. The van der Waals surface area contributed by atoms with Crippen LogP contribution < -0.4 is 0 Å². The monoisotopic (exact) mass is 341 g/mol. The second-order valence-corrected chi connectivity index (χ2v) is 6.35. The van der Waals surface area contributed by atoms with Gasteiger partial charge in [-0.1, -0.05) is 30.3 Å². The molecule has 2 aromatic rings. The van der Waals surface area contributed by atoms with Crippen molar-refractivity contribution in [1.29, 1.82) is 0 Å². The van der Waals surface area contributed by atoms with E-state index in [0.29, 0.717) is 25.3 Å². The van der Waals surface area contributed by atoms with Crippen LogP contribution in [0.4, 0.5) is 0 Å². The Hall–Kier alpha value is -2.80. The number of likely N-dealkylation sites (tertiary alicyclic amines) is 1. The van der Waals surface area contributed by atoms with Crippen LogP contribution in [0.15, 0.2) is 42.6 Å². The van der Waals surface area contributed by atoms with Crippen molar-refractivity contribution >= 4 is 11.9 Å². The van der Waals surface area contributed by atoms with Crippen LogP contribution in [-0.2, 0) is 16.1 Å². The summed E-state index contributed by atoms with van der Waals surface area (Å²) in [4.78, 5) is 33.4. The fraction of sp³-hybridized carbons (Fsp3) is 0.333. The average Bonchev–Trinajstić information content (AvgIpc) is 2.99. The molecule has 0 aliphatic carbocycles. The van der Waals surface area contributed by atoms with Gasteiger partial charge >= 0.3 is 11.9 Å². The van der Waals surface area contributed by atoms with Crippen LogP contribution in [0.25, 0.3) is 11.4 Å². The molecule has 25 heavy (non-hydrogen) atoms. The van der Waals surface area contributed by atoms with E-state index in [9.17, 15) is 14.7 Å². The Morgan fingerprint density at radius 1 is 1.16 bits per heavy atom. The number of carboxylic acids is 2. The Kier molecular flexibility index (Phi) is 4.76. The molecule has 2 N–H and O–H groups in total. The molecule has 1 atom stereocenters. The van der Waals surface area contributed by atoms with Crippen LogP contribution in [0.5, 0.6) is 0 Å². The maximum Gasteiger partial charge on any atom is 0.311 e. The molecule has 7 heteroatoms. The fourth-order valence-electron chi connectivity index (χ4n) is 3.22. The maximum absolute atomic E-state index is 11.6. The second-order valence-electron chi connectivity index (χ2n) is 6.35. The number of hydrogen-bond acceptors (Lipinski definition) is 5. The van der Waals surface area contributed by atoms with Gasteiger partial charge in [0, 0.05) is 24.8 Å². The molecule has 0 amide bonds. The number of aromatic nitrogens is 2. The third kappa shape index (κ3) is 3.83. The van der Waals surface area contributed by atoms with Gasteiger partial charge in [-0.15, -0.1) is 0 Å². The minimum absolute atomic E-state index is 0.208. The summed E-state index contributed by atoms with van der Waals surface area (Å²) in [5, 5.41) is 18.5. The zero-order chi connectivity index (χ0) is 17.9. The van der Waals surface area contributed by atoms with Crippen LogP contribution in [0, 0.1) is 5.41 Å². The van der Waals surface area contributed by atoms with Gasteiger partial charge in [0.1, 0.15) is 0 Å². The maximum atomic E-state index is 11.6. The van der Waals surface area contributed by atoms with E-state index in [1.54, 1.807) is 12.3 Å². The molecule has 1 fully saturated rings. The van der Waals surface area contributed by atoms with Crippen molar-refractivity contribution in [2.75, 3.05) is 13.1 Å². The number of carbonyl (C=O) groups is 2. The molecule has 2 heterocycles. The van der Waals surface area contributed by atoms with Gasteiger partial charge < -0.3 is 10.2 Å². The normalized spacial score (nSPS) is 20.5. The van der Waals surface area contributed by atoms with Crippen molar-refractivity contribution < 1.29 is 19.8 Å². The van der Waals surface area contributed by atoms with E-state index in [4.69, 9.17) is 5.11 Å². The third-order valence-electron chi connectivity index (χ3n) is 4.51. The molecule has 7 nitrogen and oxygen atoms in total. The first kappa shape index (κ1) is 17.0. The Bertz CT molecular complexity index is 781. The molecule has 0 radical (unpaired) electrons. The predicted octanol–water partition coefficient (Wildman–Crippen LogP) is 1.89. The van der Waals surface area contributed by atoms with E-state index in [0.717, 1.165) is 11.3 Å². The minimum atomic E-state index is -1.22. The molecular formula is C18H19N3O4. The standard InChI is InChI=1S/C18H19N3O4/c22-15(23)10-18(17(24)25)7-9-21(12-18)11-14-6-8-19-16(20-14)13-4-2-1-3-5-13/h1-6,8H,7,9-12H2,(H,22,23)(H,24,25). The first-order valence-corrected chi connectivity index (χ1v) is 8.03. The summed E-state index contributed by atoms with van der Waals surface area (Å²) >= 11 is 0. The molecular weight excluding hydrogens is 322 g/mol. The van der Waals surface area contributed by atoms with Gasteiger partial charge in [-0.25, -0.2) is 9.97 Å². The smallest absolute Gasteiger partial charge is 0.311 e. The van der Waals surface area contributed by atoms with Crippen molar-refractivity contribution in [3.05, 3.63) is 48.3 Å². The van der Waals surface area contributed by atoms with Crippen molar-refractivity contribution in [2.24, 2.45) is 5.41 Å². The van der Waals surface area contributed by atoms with Gasteiger partial charge in [0.2, 0.25) is 0 Å². The van der Waals surface area contributed by atoms with Crippen LogP contribution in [0.2, 0.25) is 0 Å². The summed E-state index contributed by atoms with van der Waals surface area (Å²) in [6.07, 6.45) is 1.64. The molecule has 130 valence electrons. The van der Waals surface area contributed by atoms with E-state index in [2.05, 4.69) is 9.97 Å². The minimum Gasteiger partial charge on any atom is -0.481 e. The van der Waals surface area contributed by atoms with Crippen LogP contribution in [0.3, 0.4) is 0 Å². The lowest BCUT2D eigenvalue weighted by atomic mass is 9.84. The highest BCUT2D eigenvalue weighted by Crippen LogP contribution is 2.35. The summed E-state index contributed by atoms with van der Waals surface area (Å²) in [5.41, 5.74) is 0.475. The van der Waals surface area contributed by atoms with E-state index < -0.39 is 17.4 Å². The lowest BCUT2D eigenvalue weighted by molar-refractivity contribution is -0.155. The Labute approximate surface area is 145 Å². The van der Waals surface area contributed by atoms with Crippen LogP contribution in [-0.4, -0.2) is 50.1 Å². The van der Waals surface area contributed by atoms with E-state index >= 15 is 0 Å². The molecule has 1 unspecified atom stereocenters. The van der Waals surface area contributed by atoms with E-state index in [1.165, 1.54) is 0 Å². The molecule has 1 aliphatic heterocycles. The highest BCUT2D eigenvalue weighted by atomic mass is 16.4. The summed E-state index contributed by atoms with van der Waals surface area (Å²) < 4.78 is 0. The highest BCUT2D eigenvalue weighted by Gasteiger charge is 2.46. The lowest BCUT2D eigenvalue weighted by Gasteiger charge is -2.22. The summed E-state index contributed by atoms with van der Waals surface area (Å²) in [7, 11) is 0. The molecule has 1 aromatic carbocycles. The number of benzene rings is 1. The average molecular weight is 341 g/mol. The molecule has 1 saturated heterocycles. The molecule has 3 rings (SSSR count). The second kappa shape index (κ2) is 6.98. The number of aliphatic carboxylic acids is 2. The van der Waals surface area contributed by atoms with Gasteiger partial charge in [-0.2, -0.15) is 0 Å². The molecule has 0 bridgehead atoms. The summed E-state index contributed by atoms with van der Waals surface area (Å²) in [5.74, 6) is -1.52. The van der Waals surface area contributed by atoms with Crippen molar-refractivity contribution in [1.82, 2.24) is 14.9 Å². The highest BCUT2D eigenvalue weighted by molar-refractivity contribution is 5.82. The van der Waals surface area contributed by atoms with Crippen molar-refractivity contribution in [3.8, 4) is 11.4 Å². The summed E-state index contributed by atoms with van der Waals surface area (Å²) in [6.45, 7) is 1.21. The molecule has 0 saturated carbocycles. The number of nitrogens with zero attached hydrogens (tertiary/aromatic N) is 3. The Morgan fingerprint density at radius 3 is 2.60 bits per heavy atom. The summed E-state index contributed by atoms with van der Waals surface area (Å²) in [6, 6.07) is 11.4. The fourth-order valence-corrected chi connectivity index (χ4v) is 3.22. The van der Waals surface area contributed by atoms with Gasteiger partial charge in [0.15, 0.2) is 5.82 Å². The predicted molar refractivity (Wildman–Crippen MR) is 89.7 cm³/mol. The number of carboxylic acid groups (broad SMARTS) is 2. The molecule has 1 aromatic heterocycles. The number of rotatable bonds is 6. The van der Waals surface area contributed by atoms with Crippen LogP contribution in [0.1, 0.15) is 18.5 Å². The molecule has 1 aliphatic rings. The van der Waals surface area contributed by atoms with Gasteiger partial charge in [0.25, 0.3) is 0 Å². The lowest BCUT2D eigenvalue weighted by Crippen LogP contribution is -2.36. The van der Waals surface area contributed by atoms with E-state index in [1.807, 2.05) is 35.2 Å². The van der Waals surface area contributed by atoms with Crippen LogP contribution >= 0.6 is 0 Å². The topological polar surface area (TPSA) is 104 Å². The van der Waals surface area contributed by atoms with Gasteiger partial charge in [-0.3, -0.25) is 14.5 Å². The Balaban J connectivity index is 1.73. The Morgan fingerprint density at radius 2 is 1.92 bits per heavy atom. The largest absolute Gasteiger partial charge is 0.481 e. The SMILES string of the molecule is O=C(O)CC1(C(=O)O)CCN(Cc2ccnc(-c3ccccc3)n2)C1. The van der Waals surface area contributed by atoms with E-state index in [-0.39, 0.29) is 13.0 Å². The quantitative estimate of drug-likeness (QED) is 0.827. The first-order valence-electron chi connectivity index (χ1n) is 8.03. The van der Waals surface area contributed by atoms with Crippen molar-refractivity contribution in [3.63, 3.8) is 0 Å². The van der Waals surface area contributed by atoms with Gasteiger partial charge in [-0.05, 0) is 19.0 Å². The zero-order valence-corrected chi connectivity index (χ0v) is 13.6.